The van der Waals surface area contributed by atoms with E-state index in [1.807, 2.05) is 24.3 Å². The van der Waals surface area contributed by atoms with Gasteiger partial charge in [0.25, 0.3) is 0 Å². The van der Waals surface area contributed by atoms with Crippen LogP contribution in [0.25, 0.3) is 0 Å². The Balaban J connectivity index is 2.68. The summed E-state index contributed by atoms with van der Waals surface area (Å²) in [7, 11) is 3.40. The molecular formula is C12H17NO3. The molecular weight excluding hydrogens is 206 g/mol. The summed E-state index contributed by atoms with van der Waals surface area (Å²) in [6, 6.07) is 7.13. The van der Waals surface area contributed by atoms with Gasteiger partial charge in [-0.1, -0.05) is 12.1 Å². The van der Waals surface area contributed by atoms with Crippen molar-refractivity contribution in [3.8, 4) is 5.75 Å². The molecule has 0 bridgehead atoms. The highest BCUT2D eigenvalue weighted by atomic mass is 16.5. The first-order valence-corrected chi connectivity index (χ1v) is 5.10. The topological polar surface area (TPSA) is 49.8 Å². The molecule has 1 rings (SSSR count). The van der Waals surface area contributed by atoms with Gasteiger partial charge >= 0.3 is 5.97 Å². The SMILES string of the molecule is COc1cccc(CN(C)C(C)C(=O)O)c1. The van der Waals surface area contributed by atoms with Gasteiger partial charge in [-0.05, 0) is 31.7 Å². The lowest BCUT2D eigenvalue weighted by molar-refractivity contribution is -0.142. The highest BCUT2D eigenvalue weighted by molar-refractivity contribution is 5.72. The fraction of sp³-hybridized carbons (Fsp3) is 0.417. The van der Waals surface area contributed by atoms with Crippen LogP contribution >= 0.6 is 0 Å². The number of carbonyl (C=O) groups is 1. The lowest BCUT2D eigenvalue weighted by Crippen LogP contribution is -2.35. The molecule has 0 saturated heterocycles. The summed E-state index contributed by atoms with van der Waals surface area (Å²) in [5.74, 6) is -0.0284. The molecule has 0 radical (unpaired) electrons. The summed E-state index contributed by atoms with van der Waals surface area (Å²) in [5, 5.41) is 8.86. The molecule has 16 heavy (non-hydrogen) atoms. The lowest BCUT2D eigenvalue weighted by atomic mass is 10.2. The molecule has 0 spiro atoms. The summed E-state index contributed by atoms with van der Waals surface area (Å²) >= 11 is 0. The van der Waals surface area contributed by atoms with Gasteiger partial charge in [-0.15, -0.1) is 0 Å². The van der Waals surface area contributed by atoms with Crippen LogP contribution in [-0.2, 0) is 11.3 Å². The fourth-order valence-electron chi connectivity index (χ4n) is 1.38. The molecule has 0 fully saturated rings. The molecule has 1 atom stereocenters. The minimum absolute atomic E-state index is 0.494. The average molecular weight is 223 g/mol. The zero-order chi connectivity index (χ0) is 12.1. The molecule has 0 saturated carbocycles. The Morgan fingerprint density at radius 1 is 1.56 bits per heavy atom. The van der Waals surface area contributed by atoms with Crippen molar-refractivity contribution in [3.05, 3.63) is 29.8 Å². The van der Waals surface area contributed by atoms with Crippen LogP contribution in [0.3, 0.4) is 0 Å². The quantitative estimate of drug-likeness (QED) is 0.823. The van der Waals surface area contributed by atoms with Crippen LogP contribution in [-0.4, -0.2) is 36.2 Å². The molecule has 0 amide bonds. The maximum absolute atomic E-state index is 10.8. The first-order chi connectivity index (χ1) is 7.54. The highest BCUT2D eigenvalue weighted by Gasteiger charge is 2.16. The predicted molar refractivity (Wildman–Crippen MR) is 61.6 cm³/mol. The monoisotopic (exact) mass is 223 g/mol. The number of ether oxygens (including phenoxy) is 1. The van der Waals surface area contributed by atoms with E-state index in [1.54, 1.807) is 26.0 Å². The number of methoxy groups -OCH3 is 1. The van der Waals surface area contributed by atoms with E-state index in [0.29, 0.717) is 6.54 Å². The third-order valence-corrected chi connectivity index (χ3v) is 2.58. The second-order valence-electron chi connectivity index (χ2n) is 3.78. The third-order valence-electron chi connectivity index (χ3n) is 2.58. The van der Waals surface area contributed by atoms with E-state index in [0.717, 1.165) is 11.3 Å². The van der Waals surface area contributed by atoms with Gasteiger partial charge in [0.2, 0.25) is 0 Å². The zero-order valence-electron chi connectivity index (χ0n) is 9.80. The number of benzene rings is 1. The first kappa shape index (κ1) is 12.5. The van der Waals surface area contributed by atoms with E-state index in [4.69, 9.17) is 9.84 Å². The minimum atomic E-state index is -0.814. The minimum Gasteiger partial charge on any atom is -0.497 e. The van der Waals surface area contributed by atoms with Crippen molar-refractivity contribution in [1.29, 1.82) is 0 Å². The summed E-state index contributed by atoms with van der Waals surface area (Å²) in [6.07, 6.45) is 0. The molecule has 4 nitrogen and oxygen atoms in total. The van der Waals surface area contributed by atoms with E-state index >= 15 is 0 Å². The van der Waals surface area contributed by atoms with Gasteiger partial charge in [0.1, 0.15) is 11.8 Å². The summed E-state index contributed by atoms with van der Waals surface area (Å²) in [4.78, 5) is 12.6. The third kappa shape index (κ3) is 3.24. The number of aliphatic carboxylic acids is 1. The largest absolute Gasteiger partial charge is 0.497 e. The molecule has 1 aromatic carbocycles. The van der Waals surface area contributed by atoms with E-state index in [1.165, 1.54) is 0 Å². The van der Waals surface area contributed by atoms with Gasteiger partial charge in [-0.25, -0.2) is 0 Å². The van der Waals surface area contributed by atoms with Crippen molar-refractivity contribution >= 4 is 5.97 Å². The van der Waals surface area contributed by atoms with Gasteiger partial charge in [0.05, 0.1) is 7.11 Å². The van der Waals surface area contributed by atoms with Gasteiger partial charge in [-0.3, -0.25) is 9.69 Å². The van der Waals surface area contributed by atoms with Gasteiger partial charge < -0.3 is 9.84 Å². The van der Waals surface area contributed by atoms with Crippen LogP contribution in [0.15, 0.2) is 24.3 Å². The molecule has 0 heterocycles. The highest BCUT2D eigenvalue weighted by Crippen LogP contribution is 2.14. The van der Waals surface area contributed by atoms with E-state index in [2.05, 4.69) is 0 Å². The molecule has 1 unspecified atom stereocenters. The molecule has 1 aromatic rings. The van der Waals surface area contributed by atoms with Crippen LogP contribution in [0, 0.1) is 0 Å². The Morgan fingerprint density at radius 2 is 2.25 bits per heavy atom. The smallest absolute Gasteiger partial charge is 0.320 e. The Labute approximate surface area is 95.5 Å². The van der Waals surface area contributed by atoms with E-state index < -0.39 is 12.0 Å². The number of carboxylic acids is 1. The molecule has 0 aliphatic rings. The fourth-order valence-corrected chi connectivity index (χ4v) is 1.38. The summed E-state index contributed by atoms with van der Waals surface area (Å²) in [6.45, 7) is 2.26. The number of nitrogens with zero attached hydrogens (tertiary/aromatic N) is 1. The number of hydrogen-bond donors (Lipinski definition) is 1. The standard InChI is InChI=1S/C12H17NO3/c1-9(12(14)15)13(2)8-10-5-4-6-11(7-10)16-3/h4-7,9H,8H2,1-3H3,(H,14,15). The van der Waals surface area contributed by atoms with Crippen LogP contribution in [0.2, 0.25) is 0 Å². The number of likely N-dealkylation sites (N-methyl/N-ethyl adjacent to an activating group) is 1. The van der Waals surface area contributed by atoms with Crippen molar-refractivity contribution < 1.29 is 14.6 Å². The molecule has 0 aliphatic carbocycles. The molecule has 0 aromatic heterocycles. The van der Waals surface area contributed by atoms with Crippen LogP contribution in [0.1, 0.15) is 12.5 Å². The van der Waals surface area contributed by atoms with E-state index in [-0.39, 0.29) is 0 Å². The molecule has 1 N–H and O–H groups in total. The molecule has 88 valence electrons. The molecule has 4 heteroatoms. The van der Waals surface area contributed by atoms with Gasteiger partial charge in [-0.2, -0.15) is 0 Å². The Kier molecular flexibility index (Phi) is 4.31. The van der Waals surface area contributed by atoms with Gasteiger partial charge in [0, 0.05) is 6.54 Å². The number of rotatable bonds is 5. The van der Waals surface area contributed by atoms with Crippen molar-refractivity contribution in [2.24, 2.45) is 0 Å². The van der Waals surface area contributed by atoms with Crippen LogP contribution in [0.5, 0.6) is 5.75 Å². The summed E-state index contributed by atoms with van der Waals surface area (Å²) < 4.78 is 5.11. The second-order valence-corrected chi connectivity index (χ2v) is 3.78. The van der Waals surface area contributed by atoms with Crippen molar-refractivity contribution in [2.75, 3.05) is 14.2 Å². The maximum atomic E-state index is 10.8. The Hall–Kier alpha value is -1.55. The average Bonchev–Trinajstić information content (AvgIpc) is 2.28. The van der Waals surface area contributed by atoms with Crippen LogP contribution in [0.4, 0.5) is 0 Å². The maximum Gasteiger partial charge on any atom is 0.320 e. The van der Waals surface area contributed by atoms with E-state index in [9.17, 15) is 4.79 Å². The molecule has 0 aliphatic heterocycles. The Bertz CT molecular complexity index is 365. The van der Waals surface area contributed by atoms with Crippen molar-refractivity contribution in [3.63, 3.8) is 0 Å². The lowest BCUT2D eigenvalue weighted by Gasteiger charge is -2.21. The van der Waals surface area contributed by atoms with Crippen molar-refractivity contribution in [1.82, 2.24) is 4.90 Å². The summed E-state index contributed by atoms with van der Waals surface area (Å²) in [5.41, 5.74) is 1.04. The zero-order valence-corrected chi connectivity index (χ0v) is 9.80. The van der Waals surface area contributed by atoms with Crippen molar-refractivity contribution in [2.45, 2.75) is 19.5 Å². The number of carboxylic acid groups (broad SMARTS) is 1. The Morgan fingerprint density at radius 3 is 2.81 bits per heavy atom. The first-order valence-electron chi connectivity index (χ1n) is 5.10. The second kappa shape index (κ2) is 5.51. The van der Waals surface area contributed by atoms with Gasteiger partial charge in [0.15, 0.2) is 0 Å². The van der Waals surface area contributed by atoms with Crippen LogP contribution < -0.4 is 4.74 Å². The normalized spacial score (nSPS) is 12.5. The predicted octanol–water partition coefficient (Wildman–Crippen LogP) is 1.60. The number of hydrogen-bond acceptors (Lipinski definition) is 3.